The smallest absolute Gasteiger partial charge is 0.0726 e. The lowest BCUT2D eigenvalue weighted by molar-refractivity contribution is -0.0216. The Morgan fingerprint density at radius 1 is 1.25 bits per heavy atom. The molecular weight excluding hydrogens is 202 g/mol. The highest BCUT2D eigenvalue weighted by molar-refractivity contribution is 4.77. The van der Waals surface area contributed by atoms with Crippen molar-refractivity contribution in [1.29, 1.82) is 0 Å². The highest BCUT2D eigenvalue weighted by Gasteiger charge is 2.20. The Hall–Kier alpha value is -0.120. The number of piperidine rings is 1. The summed E-state index contributed by atoms with van der Waals surface area (Å²) in [4.78, 5) is 0. The average Bonchev–Trinajstić information content (AvgIpc) is 2.25. The van der Waals surface area contributed by atoms with Gasteiger partial charge >= 0.3 is 0 Å². The quantitative estimate of drug-likeness (QED) is 0.679. The van der Waals surface area contributed by atoms with Crippen LogP contribution in [0.25, 0.3) is 0 Å². The Morgan fingerprint density at radius 3 is 2.75 bits per heavy atom. The van der Waals surface area contributed by atoms with Gasteiger partial charge in [0, 0.05) is 12.6 Å². The van der Waals surface area contributed by atoms with Crippen LogP contribution in [-0.4, -0.2) is 38.5 Å². The maximum absolute atomic E-state index is 5.81. The molecule has 2 unspecified atom stereocenters. The van der Waals surface area contributed by atoms with Crippen LogP contribution < -0.4 is 5.32 Å². The molecule has 0 spiro atoms. The molecule has 1 rings (SSSR count). The minimum atomic E-state index is 0.377. The Kier molecular flexibility index (Phi) is 7.01. The van der Waals surface area contributed by atoms with E-state index in [0.29, 0.717) is 12.1 Å². The molecule has 3 nitrogen and oxygen atoms in total. The van der Waals surface area contributed by atoms with Crippen LogP contribution in [0.3, 0.4) is 0 Å². The minimum absolute atomic E-state index is 0.377. The lowest BCUT2D eigenvalue weighted by Gasteiger charge is -2.29. The predicted octanol–water partition coefficient (Wildman–Crippen LogP) is 2.21. The fraction of sp³-hybridized carbons (Fsp3) is 1.00. The third kappa shape index (κ3) is 5.83. The van der Waals surface area contributed by atoms with Crippen LogP contribution in [0, 0.1) is 5.92 Å². The van der Waals surface area contributed by atoms with Gasteiger partial charge in [0.25, 0.3) is 0 Å². The van der Waals surface area contributed by atoms with E-state index in [4.69, 9.17) is 9.47 Å². The zero-order chi connectivity index (χ0) is 11.8. The first-order valence-electron chi connectivity index (χ1n) is 6.63. The molecule has 0 aliphatic carbocycles. The van der Waals surface area contributed by atoms with Crippen molar-refractivity contribution in [2.24, 2.45) is 5.92 Å². The Labute approximate surface area is 99.9 Å². The van der Waals surface area contributed by atoms with Gasteiger partial charge in [-0.1, -0.05) is 13.8 Å². The van der Waals surface area contributed by atoms with Crippen LogP contribution in [0.2, 0.25) is 0 Å². The largest absolute Gasteiger partial charge is 0.379 e. The molecule has 0 bridgehead atoms. The van der Waals surface area contributed by atoms with Crippen LogP contribution in [0.5, 0.6) is 0 Å². The van der Waals surface area contributed by atoms with Crippen molar-refractivity contribution in [3.05, 3.63) is 0 Å². The van der Waals surface area contributed by atoms with E-state index >= 15 is 0 Å². The van der Waals surface area contributed by atoms with Crippen LogP contribution in [0.1, 0.15) is 40.0 Å². The van der Waals surface area contributed by atoms with E-state index in [0.717, 1.165) is 38.7 Å². The highest BCUT2D eigenvalue weighted by Crippen LogP contribution is 2.11. The third-order valence-corrected chi connectivity index (χ3v) is 3.09. The van der Waals surface area contributed by atoms with Gasteiger partial charge in [-0.05, 0) is 38.6 Å². The molecular formula is C13H27NO2. The van der Waals surface area contributed by atoms with Crippen molar-refractivity contribution in [2.75, 3.05) is 26.4 Å². The maximum Gasteiger partial charge on any atom is 0.0726 e. The molecule has 1 N–H and O–H groups in total. The minimum Gasteiger partial charge on any atom is -0.379 e. The molecule has 1 heterocycles. The van der Waals surface area contributed by atoms with E-state index in [2.05, 4.69) is 26.1 Å². The molecule has 16 heavy (non-hydrogen) atoms. The summed E-state index contributed by atoms with van der Waals surface area (Å²) in [5, 5.41) is 3.43. The summed E-state index contributed by atoms with van der Waals surface area (Å²) >= 11 is 0. The van der Waals surface area contributed by atoms with Gasteiger partial charge in [0.2, 0.25) is 0 Å². The van der Waals surface area contributed by atoms with E-state index in [1.807, 2.05) is 0 Å². The molecule has 1 aliphatic heterocycles. The van der Waals surface area contributed by atoms with Gasteiger partial charge in [0.05, 0.1) is 19.3 Å². The van der Waals surface area contributed by atoms with Crippen molar-refractivity contribution in [3.8, 4) is 0 Å². The SMILES string of the molecule is CC(C)CCOCCOC1CCCNC1C. The van der Waals surface area contributed by atoms with Gasteiger partial charge in [-0.2, -0.15) is 0 Å². The van der Waals surface area contributed by atoms with E-state index in [1.165, 1.54) is 12.8 Å². The van der Waals surface area contributed by atoms with Crippen molar-refractivity contribution in [2.45, 2.75) is 52.2 Å². The second kappa shape index (κ2) is 8.04. The third-order valence-electron chi connectivity index (χ3n) is 3.09. The van der Waals surface area contributed by atoms with Crippen LogP contribution >= 0.6 is 0 Å². The van der Waals surface area contributed by atoms with Gasteiger partial charge < -0.3 is 14.8 Å². The summed E-state index contributed by atoms with van der Waals surface area (Å²) in [6.07, 6.45) is 3.92. The van der Waals surface area contributed by atoms with Crippen LogP contribution in [-0.2, 0) is 9.47 Å². The van der Waals surface area contributed by atoms with Crippen molar-refractivity contribution in [1.82, 2.24) is 5.32 Å². The number of nitrogens with one attached hydrogen (secondary N) is 1. The zero-order valence-corrected chi connectivity index (χ0v) is 11.0. The summed E-state index contributed by atoms with van der Waals surface area (Å²) in [6, 6.07) is 0.490. The number of ether oxygens (including phenoxy) is 2. The number of hydrogen-bond donors (Lipinski definition) is 1. The Balaban J connectivity index is 1.94. The molecule has 96 valence electrons. The summed E-state index contributed by atoms with van der Waals surface area (Å²) in [7, 11) is 0. The van der Waals surface area contributed by atoms with Gasteiger partial charge in [-0.15, -0.1) is 0 Å². The monoisotopic (exact) mass is 229 g/mol. The second-order valence-corrected chi connectivity index (χ2v) is 5.09. The second-order valence-electron chi connectivity index (χ2n) is 5.09. The number of hydrogen-bond acceptors (Lipinski definition) is 3. The van der Waals surface area contributed by atoms with Crippen molar-refractivity contribution < 1.29 is 9.47 Å². The summed E-state index contributed by atoms with van der Waals surface area (Å²) in [6.45, 7) is 10.1. The summed E-state index contributed by atoms with van der Waals surface area (Å²) in [5.74, 6) is 0.725. The van der Waals surface area contributed by atoms with Gasteiger partial charge in [0.1, 0.15) is 0 Å². The lowest BCUT2D eigenvalue weighted by Crippen LogP contribution is -2.44. The van der Waals surface area contributed by atoms with E-state index in [9.17, 15) is 0 Å². The molecule has 0 aromatic rings. The number of rotatable bonds is 7. The molecule has 1 saturated heterocycles. The fourth-order valence-corrected chi connectivity index (χ4v) is 1.92. The molecule has 1 fully saturated rings. The molecule has 2 atom stereocenters. The summed E-state index contributed by atoms with van der Waals surface area (Å²) in [5.41, 5.74) is 0. The molecule has 0 aromatic heterocycles. The molecule has 0 saturated carbocycles. The highest BCUT2D eigenvalue weighted by atomic mass is 16.5. The Bertz CT molecular complexity index is 173. The first-order chi connectivity index (χ1) is 7.70. The predicted molar refractivity (Wildman–Crippen MR) is 66.7 cm³/mol. The topological polar surface area (TPSA) is 30.5 Å². The average molecular weight is 229 g/mol. The van der Waals surface area contributed by atoms with Crippen LogP contribution in [0.15, 0.2) is 0 Å². The van der Waals surface area contributed by atoms with E-state index < -0.39 is 0 Å². The molecule has 3 heteroatoms. The van der Waals surface area contributed by atoms with Gasteiger partial charge in [0.15, 0.2) is 0 Å². The van der Waals surface area contributed by atoms with E-state index in [-0.39, 0.29) is 0 Å². The maximum atomic E-state index is 5.81. The van der Waals surface area contributed by atoms with Crippen LogP contribution in [0.4, 0.5) is 0 Å². The van der Waals surface area contributed by atoms with E-state index in [1.54, 1.807) is 0 Å². The molecule has 1 aliphatic rings. The van der Waals surface area contributed by atoms with Crippen molar-refractivity contribution in [3.63, 3.8) is 0 Å². The Morgan fingerprint density at radius 2 is 2.06 bits per heavy atom. The zero-order valence-electron chi connectivity index (χ0n) is 11.0. The molecule has 0 radical (unpaired) electrons. The lowest BCUT2D eigenvalue weighted by atomic mass is 10.0. The first-order valence-corrected chi connectivity index (χ1v) is 6.63. The fourth-order valence-electron chi connectivity index (χ4n) is 1.92. The summed E-state index contributed by atoms with van der Waals surface area (Å²) < 4.78 is 11.3. The standard InChI is InChI=1S/C13H27NO2/c1-11(2)6-8-15-9-10-16-13-5-4-7-14-12(13)3/h11-14H,4-10H2,1-3H3. The van der Waals surface area contributed by atoms with Gasteiger partial charge in [-0.25, -0.2) is 0 Å². The molecule has 0 amide bonds. The van der Waals surface area contributed by atoms with Gasteiger partial charge in [-0.3, -0.25) is 0 Å². The first kappa shape index (κ1) is 13.9. The normalized spacial score (nSPS) is 26.2. The van der Waals surface area contributed by atoms with Crippen molar-refractivity contribution >= 4 is 0 Å². The molecule has 0 aromatic carbocycles.